The van der Waals surface area contributed by atoms with Gasteiger partial charge in [-0.25, -0.2) is 0 Å². The Morgan fingerprint density at radius 3 is 1.77 bits per heavy atom. The topological polar surface area (TPSA) is 0 Å². The average molecular weight is 190 g/mol. The first-order chi connectivity index (χ1) is 5.73. The predicted octanol–water partition coefficient (Wildman–Crippen LogP) is 4.02. The van der Waals surface area contributed by atoms with Crippen molar-refractivity contribution >= 4 is 0 Å². The van der Waals surface area contributed by atoms with Crippen LogP contribution in [0.3, 0.4) is 0 Å². The largest absolute Gasteiger partial charge is 0.416 e. The Morgan fingerprint density at radius 1 is 1.08 bits per heavy atom. The zero-order chi connectivity index (χ0) is 10.6. The molecule has 0 aromatic carbocycles. The number of hydrogen-bond donors (Lipinski definition) is 0. The highest BCUT2D eigenvalue weighted by Gasteiger charge is 2.31. The Balaban J connectivity index is 5.00. The molecule has 0 saturated heterocycles. The molecule has 0 fully saturated rings. The van der Waals surface area contributed by atoms with Gasteiger partial charge in [0.1, 0.15) is 0 Å². The van der Waals surface area contributed by atoms with Gasteiger partial charge in [-0.3, -0.25) is 0 Å². The number of allylic oxidation sites excluding steroid dienone is 5. The van der Waals surface area contributed by atoms with E-state index >= 15 is 0 Å². The summed E-state index contributed by atoms with van der Waals surface area (Å²) in [6.45, 7) is 8.19. The minimum absolute atomic E-state index is 0.393. The highest BCUT2D eigenvalue weighted by atomic mass is 19.4. The van der Waals surface area contributed by atoms with E-state index in [1.165, 1.54) is 6.92 Å². The average Bonchev–Trinajstić information content (AvgIpc) is 1.81. The van der Waals surface area contributed by atoms with Crippen LogP contribution in [0.15, 0.2) is 35.5 Å². The lowest BCUT2D eigenvalue weighted by Crippen LogP contribution is -2.10. The van der Waals surface area contributed by atoms with E-state index in [4.69, 9.17) is 0 Å². The standard InChI is InChI=1S/C10H13F3/c1-7(2)5-9(6-8(3)4)10(11,12)13/h5-6H,1H2,2-4H3/b9-5+. The van der Waals surface area contributed by atoms with Crippen LogP contribution < -0.4 is 0 Å². The molecule has 0 heterocycles. The van der Waals surface area contributed by atoms with Crippen LogP contribution in [0.4, 0.5) is 13.2 Å². The molecule has 0 aromatic rings. The van der Waals surface area contributed by atoms with Crippen molar-refractivity contribution in [1.82, 2.24) is 0 Å². The lowest BCUT2D eigenvalue weighted by Gasteiger charge is -2.08. The second kappa shape index (κ2) is 4.30. The zero-order valence-electron chi connectivity index (χ0n) is 8.00. The summed E-state index contributed by atoms with van der Waals surface area (Å²) in [5, 5.41) is 0. The van der Waals surface area contributed by atoms with E-state index in [2.05, 4.69) is 6.58 Å². The fourth-order valence-electron chi connectivity index (χ4n) is 0.782. The molecule has 0 bridgehead atoms. The Kier molecular flexibility index (Phi) is 3.98. The van der Waals surface area contributed by atoms with Crippen molar-refractivity contribution in [3.63, 3.8) is 0 Å². The van der Waals surface area contributed by atoms with E-state index < -0.39 is 11.7 Å². The maximum atomic E-state index is 12.3. The normalized spacial score (nSPS) is 12.6. The van der Waals surface area contributed by atoms with Gasteiger partial charge < -0.3 is 0 Å². The van der Waals surface area contributed by atoms with Crippen LogP contribution in [0.25, 0.3) is 0 Å². The maximum Gasteiger partial charge on any atom is 0.416 e. The van der Waals surface area contributed by atoms with Crippen LogP contribution in [-0.2, 0) is 0 Å². The summed E-state index contributed by atoms with van der Waals surface area (Å²) >= 11 is 0. The van der Waals surface area contributed by atoms with Crippen LogP contribution in [0.1, 0.15) is 20.8 Å². The lowest BCUT2D eigenvalue weighted by atomic mass is 10.1. The van der Waals surface area contributed by atoms with E-state index in [0.29, 0.717) is 11.1 Å². The fourth-order valence-corrected chi connectivity index (χ4v) is 0.782. The molecule has 13 heavy (non-hydrogen) atoms. The Labute approximate surface area is 76.5 Å². The smallest absolute Gasteiger partial charge is 0.166 e. The van der Waals surface area contributed by atoms with Gasteiger partial charge in [-0.05, 0) is 26.8 Å². The van der Waals surface area contributed by atoms with E-state index in [1.807, 2.05) is 0 Å². The van der Waals surface area contributed by atoms with Gasteiger partial charge in [-0.1, -0.05) is 23.8 Å². The molecule has 0 radical (unpaired) electrons. The molecule has 0 atom stereocenters. The molecule has 0 amide bonds. The molecule has 0 rings (SSSR count). The SMILES string of the molecule is C=C(C)/C=C(\C=C(C)C)C(F)(F)F. The highest BCUT2D eigenvalue weighted by molar-refractivity contribution is 5.32. The third kappa shape index (κ3) is 5.28. The summed E-state index contributed by atoms with van der Waals surface area (Å²) in [6.07, 6.45) is -2.15. The van der Waals surface area contributed by atoms with Crippen molar-refractivity contribution in [2.75, 3.05) is 0 Å². The van der Waals surface area contributed by atoms with Crippen molar-refractivity contribution in [1.29, 1.82) is 0 Å². The van der Waals surface area contributed by atoms with Crippen molar-refractivity contribution in [2.45, 2.75) is 26.9 Å². The Bertz CT molecular complexity index is 250. The molecule has 0 nitrogen and oxygen atoms in total. The second-order valence-corrected chi connectivity index (χ2v) is 3.17. The molecule has 0 saturated carbocycles. The third-order valence-electron chi connectivity index (χ3n) is 1.17. The molecule has 74 valence electrons. The second-order valence-electron chi connectivity index (χ2n) is 3.17. The number of rotatable bonds is 2. The van der Waals surface area contributed by atoms with Crippen molar-refractivity contribution < 1.29 is 13.2 Å². The molecule has 0 unspecified atom stereocenters. The summed E-state index contributed by atoms with van der Waals surface area (Å²) in [4.78, 5) is 0. The van der Waals surface area contributed by atoms with Crippen LogP contribution in [0, 0.1) is 0 Å². The van der Waals surface area contributed by atoms with E-state index in [1.54, 1.807) is 13.8 Å². The van der Waals surface area contributed by atoms with Crippen LogP contribution in [0.2, 0.25) is 0 Å². The summed E-state index contributed by atoms with van der Waals surface area (Å²) in [7, 11) is 0. The molecule has 0 aliphatic carbocycles. The van der Waals surface area contributed by atoms with Gasteiger partial charge in [0.15, 0.2) is 0 Å². The maximum absolute atomic E-state index is 12.3. The Morgan fingerprint density at radius 2 is 1.54 bits per heavy atom. The first-order valence-corrected chi connectivity index (χ1v) is 3.83. The van der Waals surface area contributed by atoms with Gasteiger partial charge in [0.2, 0.25) is 0 Å². The summed E-state index contributed by atoms with van der Waals surface area (Å²) in [6, 6.07) is 0. The quantitative estimate of drug-likeness (QED) is 0.577. The van der Waals surface area contributed by atoms with Gasteiger partial charge in [-0.2, -0.15) is 13.2 Å². The molecule has 0 aliphatic rings. The van der Waals surface area contributed by atoms with Gasteiger partial charge in [0.05, 0.1) is 5.57 Å². The molecule has 0 aliphatic heterocycles. The number of alkyl halides is 3. The highest BCUT2D eigenvalue weighted by Crippen LogP contribution is 2.28. The van der Waals surface area contributed by atoms with E-state index in [-0.39, 0.29) is 0 Å². The molecular formula is C10H13F3. The molecule has 3 heteroatoms. The van der Waals surface area contributed by atoms with Gasteiger partial charge in [-0.15, -0.1) is 0 Å². The predicted molar refractivity (Wildman–Crippen MR) is 48.4 cm³/mol. The van der Waals surface area contributed by atoms with E-state index in [9.17, 15) is 13.2 Å². The monoisotopic (exact) mass is 190 g/mol. The lowest BCUT2D eigenvalue weighted by molar-refractivity contribution is -0.0883. The third-order valence-corrected chi connectivity index (χ3v) is 1.17. The fraction of sp³-hybridized carbons (Fsp3) is 0.400. The first kappa shape index (κ1) is 12.0. The van der Waals surface area contributed by atoms with Crippen LogP contribution in [-0.4, -0.2) is 6.18 Å². The van der Waals surface area contributed by atoms with Gasteiger partial charge >= 0.3 is 6.18 Å². The summed E-state index contributed by atoms with van der Waals surface area (Å²) in [5.41, 5.74) is 0.356. The van der Waals surface area contributed by atoms with Gasteiger partial charge in [0.25, 0.3) is 0 Å². The first-order valence-electron chi connectivity index (χ1n) is 3.83. The molecule has 0 aromatic heterocycles. The number of hydrogen-bond acceptors (Lipinski definition) is 0. The molecular weight excluding hydrogens is 177 g/mol. The van der Waals surface area contributed by atoms with Crippen molar-refractivity contribution in [3.05, 3.63) is 35.5 Å². The van der Waals surface area contributed by atoms with Crippen LogP contribution >= 0.6 is 0 Å². The zero-order valence-corrected chi connectivity index (χ0v) is 8.00. The minimum atomic E-state index is -4.30. The summed E-state index contributed by atoms with van der Waals surface area (Å²) in [5.74, 6) is 0. The van der Waals surface area contributed by atoms with E-state index in [0.717, 1.165) is 12.2 Å². The number of halogens is 3. The molecule has 0 N–H and O–H groups in total. The van der Waals surface area contributed by atoms with Crippen LogP contribution in [0.5, 0.6) is 0 Å². The van der Waals surface area contributed by atoms with Crippen molar-refractivity contribution in [3.8, 4) is 0 Å². The summed E-state index contributed by atoms with van der Waals surface area (Å²) < 4.78 is 36.9. The molecule has 0 spiro atoms. The van der Waals surface area contributed by atoms with Gasteiger partial charge in [0, 0.05) is 0 Å². The Hall–Kier alpha value is -0.990. The minimum Gasteiger partial charge on any atom is -0.166 e. The van der Waals surface area contributed by atoms with Crippen molar-refractivity contribution in [2.24, 2.45) is 0 Å².